The number of hydrogen-bond acceptors (Lipinski definition) is 5. The van der Waals surface area contributed by atoms with E-state index < -0.39 is 0 Å². The molecule has 0 atom stereocenters. The minimum Gasteiger partial charge on any atom is -0.291 e. The molecular formula is C25H19ClN4OS2. The molecule has 3 aromatic carbocycles. The molecule has 0 N–H and O–H groups in total. The summed E-state index contributed by atoms with van der Waals surface area (Å²) in [5.41, 5.74) is 2.91. The fourth-order valence-corrected chi connectivity index (χ4v) is 5.40. The van der Waals surface area contributed by atoms with Crippen LogP contribution in [0, 0.1) is 0 Å². The van der Waals surface area contributed by atoms with Crippen molar-refractivity contribution in [3.05, 3.63) is 111 Å². The minimum absolute atomic E-state index is 0.0168. The maximum Gasteiger partial charge on any atom is 0.308 e. The molecule has 5 aromatic rings. The molecule has 5 nitrogen and oxygen atoms in total. The van der Waals surface area contributed by atoms with Gasteiger partial charge in [0, 0.05) is 10.8 Å². The first-order valence-corrected chi connectivity index (χ1v) is 12.5. The van der Waals surface area contributed by atoms with Crippen LogP contribution < -0.4 is 4.87 Å². The molecule has 0 spiro atoms. The van der Waals surface area contributed by atoms with Crippen molar-refractivity contribution in [1.82, 2.24) is 19.3 Å². The fraction of sp³-hybridized carbons (Fsp3) is 0.0800. The van der Waals surface area contributed by atoms with Crippen molar-refractivity contribution in [2.45, 2.75) is 11.7 Å². The molecule has 0 aliphatic heterocycles. The van der Waals surface area contributed by atoms with Crippen molar-refractivity contribution in [3.8, 4) is 5.69 Å². The van der Waals surface area contributed by atoms with Crippen LogP contribution in [0.15, 0.2) is 94.9 Å². The third-order valence-corrected chi connectivity index (χ3v) is 7.14. The summed E-state index contributed by atoms with van der Waals surface area (Å²) in [7, 11) is 0. The first-order chi connectivity index (χ1) is 16.2. The highest BCUT2D eigenvalue weighted by Crippen LogP contribution is 2.26. The highest BCUT2D eigenvalue weighted by Gasteiger charge is 2.17. The predicted octanol–water partition coefficient (Wildman–Crippen LogP) is 6.15. The van der Waals surface area contributed by atoms with Gasteiger partial charge in [0.25, 0.3) is 0 Å². The Morgan fingerprint density at radius 3 is 2.64 bits per heavy atom. The van der Waals surface area contributed by atoms with E-state index in [1.54, 1.807) is 16.3 Å². The van der Waals surface area contributed by atoms with Crippen molar-refractivity contribution in [2.75, 3.05) is 5.75 Å². The minimum atomic E-state index is -0.0168. The van der Waals surface area contributed by atoms with Gasteiger partial charge in [-0.1, -0.05) is 95.4 Å². The van der Waals surface area contributed by atoms with E-state index in [1.165, 1.54) is 11.3 Å². The molecule has 0 saturated carbocycles. The van der Waals surface area contributed by atoms with Gasteiger partial charge in [-0.05, 0) is 35.9 Å². The summed E-state index contributed by atoms with van der Waals surface area (Å²) >= 11 is 9.10. The number of aromatic nitrogens is 4. The number of rotatable bonds is 7. The number of halogens is 1. The Kier molecular flexibility index (Phi) is 6.44. The zero-order valence-electron chi connectivity index (χ0n) is 17.5. The second-order valence-corrected chi connectivity index (χ2v) is 9.68. The third-order valence-electron chi connectivity index (χ3n) is 5.06. The Morgan fingerprint density at radius 1 is 0.970 bits per heavy atom. The predicted molar refractivity (Wildman–Crippen MR) is 138 cm³/mol. The number of hydrogen-bond donors (Lipinski definition) is 0. The van der Waals surface area contributed by atoms with E-state index >= 15 is 0 Å². The molecule has 5 rings (SSSR count). The Labute approximate surface area is 204 Å². The van der Waals surface area contributed by atoms with E-state index in [2.05, 4.69) is 34.5 Å². The molecular weight excluding hydrogens is 472 g/mol. The van der Waals surface area contributed by atoms with Gasteiger partial charge in [-0.15, -0.1) is 10.2 Å². The van der Waals surface area contributed by atoms with Gasteiger partial charge < -0.3 is 0 Å². The maximum atomic E-state index is 12.7. The van der Waals surface area contributed by atoms with Crippen LogP contribution in [0.2, 0.25) is 5.02 Å². The van der Waals surface area contributed by atoms with Crippen LogP contribution in [-0.4, -0.2) is 25.1 Å². The summed E-state index contributed by atoms with van der Waals surface area (Å²) in [6.07, 6.45) is 4.19. The molecule has 2 aromatic heterocycles. The summed E-state index contributed by atoms with van der Waals surface area (Å²) in [6.45, 7) is 0.322. The standard InChI is InChI=1S/C25H19ClN4OS2/c26-19-11-6-12-20(16-19)30-23(17-29-21-13-4-5-14-22(21)33-25(29)31)27-28-24(30)32-15-7-10-18-8-2-1-3-9-18/h1-14,16H,15,17H2/b10-7+. The lowest BCUT2D eigenvalue weighted by atomic mass is 10.2. The topological polar surface area (TPSA) is 52.7 Å². The molecule has 0 fully saturated rings. The lowest BCUT2D eigenvalue weighted by molar-refractivity contribution is 0.726. The van der Waals surface area contributed by atoms with Crippen molar-refractivity contribution < 1.29 is 0 Å². The quantitative estimate of drug-likeness (QED) is 0.257. The molecule has 0 unspecified atom stereocenters. The number of nitrogens with zero attached hydrogens (tertiary/aromatic N) is 4. The fourth-order valence-electron chi connectivity index (χ4n) is 3.55. The van der Waals surface area contributed by atoms with E-state index in [9.17, 15) is 4.79 Å². The molecule has 0 aliphatic rings. The number of para-hydroxylation sites is 1. The van der Waals surface area contributed by atoms with Gasteiger partial charge >= 0.3 is 4.87 Å². The van der Waals surface area contributed by atoms with Crippen LogP contribution in [0.4, 0.5) is 0 Å². The highest BCUT2D eigenvalue weighted by molar-refractivity contribution is 7.99. The van der Waals surface area contributed by atoms with Crippen LogP contribution in [0.3, 0.4) is 0 Å². The van der Waals surface area contributed by atoms with Gasteiger partial charge in [0.1, 0.15) is 0 Å². The molecule has 0 radical (unpaired) electrons. The Morgan fingerprint density at radius 2 is 1.79 bits per heavy atom. The normalized spacial score (nSPS) is 11.5. The first-order valence-electron chi connectivity index (χ1n) is 10.3. The highest BCUT2D eigenvalue weighted by atomic mass is 35.5. The second-order valence-electron chi connectivity index (χ2n) is 7.26. The van der Waals surface area contributed by atoms with Crippen molar-refractivity contribution in [1.29, 1.82) is 0 Å². The zero-order chi connectivity index (χ0) is 22.6. The SMILES string of the molecule is O=c1sc2ccccc2n1Cc1nnc(SC/C=C/c2ccccc2)n1-c1cccc(Cl)c1. The van der Waals surface area contributed by atoms with Gasteiger partial charge in [-0.25, -0.2) is 0 Å². The Bertz CT molecular complexity index is 1490. The van der Waals surface area contributed by atoms with Gasteiger partial charge in [-0.3, -0.25) is 13.9 Å². The van der Waals surface area contributed by atoms with Gasteiger partial charge in [0.15, 0.2) is 11.0 Å². The summed E-state index contributed by atoms with van der Waals surface area (Å²) < 4.78 is 4.68. The molecule has 8 heteroatoms. The van der Waals surface area contributed by atoms with Gasteiger partial charge in [-0.2, -0.15) is 0 Å². The molecule has 0 bridgehead atoms. The maximum absolute atomic E-state index is 12.7. The van der Waals surface area contributed by atoms with Gasteiger partial charge in [0.05, 0.1) is 22.4 Å². The molecule has 0 saturated heterocycles. The van der Waals surface area contributed by atoms with Crippen LogP contribution in [-0.2, 0) is 6.54 Å². The Balaban J connectivity index is 1.48. The van der Waals surface area contributed by atoms with Crippen molar-refractivity contribution in [3.63, 3.8) is 0 Å². The van der Waals surface area contributed by atoms with Crippen molar-refractivity contribution >= 4 is 51.0 Å². The molecule has 0 aliphatic carbocycles. The summed E-state index contributed by atoms with van der Waals surface area (Å²) in [5, 5.41) is 10.3. The van der Waals surface area contributed by atoms with E-state index in [1.807, 2.05) is 71.3 Å². The average Bonchev–Trinajstić information content (AvgIpc) is 3.38. The largest absolute Gasteiger partial charge is 0.308 e. The summed E-state index contributed by atoms with van der Waals surface area (Å²) in [4.78, 5) is 12.7. The van der Waals surface area contributed by atoms with Crippen LogP contribution in [0.5, 0.6) is 0 Å². The number of benzene rings is 3. The number of thiazole rings is 1. The zero-order valence-corrected chi connectivity index (χ0v) is 19.9. The lowest BCUT2D eigenvalue weighted by Gasteiger charge is -2.11. The van der Waals surface area contributed by atoms with E-state index in [-0.39, 0.29) is 4.87 Å². The molecule has 0 amide bonds. The van der Waals surface area contributed by atoms with Gasteiger partial charge in [0.2, 0.25) is 0 Å². The van der Waals surface area contributed by atoms with Crippen molar-refractivity contribution in [2.24, 2.45) is 0 Å². The third kappa shape index (κ3) is 4.80. The summed E-state index contributed by atoms with van der Waals surface area (Å²) in [6, 6.07) is 25.5. The lowest BCUT2D eigenvalue weighted by Crippen LogP contribution is -2.16. The monoisotopic (exact) mass is 490 g/mol. The number of fused-ring (bicyclic) bond motifs is 1. The van der Waals surface area contributed by atoms with Crippen LogP contribution in [0.25, 0.3) is 22.0 Å². The van der Waals surface area contributed by atoms with Crippen LogP contribution in [0.1, 0.15) is 11.4 Å². The van der Waals surface area contributed by atoms with E-state index in [0.717, 1.165) is 32.4 Å². The van der Waals surface area contributed by atoms with E-state index in [0.29, 0.717) is 17.4 Å². The molecule has 2 heterocycles. The second kappa shape index (κ2) is 9.79. The van der Waals surface area contributed by atoms with E-state index in [4.69, 9.17) is 11.6 Å². The molecule has 164 valence electrons. The number of thioether (sulfide) groups is 1. The average molecular weight is 491 g/mol. The Hall–Kier alpha value is -3.13. The smallest absolute Gasteiger partial charge is 0.291 e. The summed E-state index contributed by atoms with van der Waals surface area (Å²) in [5.74, 6) is 1.41. The van der Waals surface area contributed by atoms with Crippen LogP contribution >= 0.6 is 34.7 Å². The first kappa shape index (κ1) is 21.7. The molecule has 33 heavy (non-hydrogen) atoms.